The first-order valence-electron chi connectivity index (χ1n) is 9.26. The smallest absolute Gasteiger partial charge is 0.191 e. The van der Waals surface area contributed by atoms with Crippen molar-refractivity contribution in [1.82, 2.24) is 15.5 Å². The average molecular weight is 373 g/mol. The first-order valence-corrected chi connectivity index (χ1v) is 10.1. The third-order valence-electron chi connectivity index (χ3n) is 4.50. The normalized spacial score (nSPS) is 16.2. The number of aliphatic hydroxyl groups excluding tert-OH is 1. The van der Waals surface area contributed by atoms with Gasteiger partial charge in [-0.25, -0.2) is 4.99 Å². The predicted molar refractivity (Wildman–Crippen MR) is 109 cm³/mol. The number of β-amino-alcohol motifs (C(OH)–C–C–N with tert-alkyl or cyclic N) is 1. The van der Waals surface area contributed by atoms with Crippen LogP contribution in [0.5, 0.6) is 0 Å². The maximum Gasteiger partial charge on any atom is 0.191 e. The minimum absolute atomic E-state index is 0.425. The second kappa shape index (κ2) is 9.71. The van der Waals surface area contributed by atoms with Gasteiger partial charge in [0.15, 0.2) is 5.96 Å². The fourth-order valence-corrected chi connectivity index (χ4v) is 3.82. The quantitative estimate of drug-likeness (QED) is 0.515. The summed E-state index contributed by atoms with van der Waals surface area (Å²) in [7, 11) is 0. The Morgan fingerprint density at radius 3 is 2.85 bits per heavy atom. The highest BCUT2D eigenvalue weighted by molar-refractivity contribution is 7.09. The topological polar surface area (TPSA) is 59.9 Å². The van der Waals surface area contributed by atoms with Gasteiger partial charge in [0, 0.05) is 37.6 Å². The SMILES string of the molecule is CCNC(=NCc1cccs1)NCC(O)CN1CCc2ccccc2C1. The van der Waals surface area contributed by atoms with E-state index >= 15 is 0 Å². The molecule has 6 heteroatoms. The number of nitrogens with zero attached hydrogens (tertiary/aromatic N) is 2. The lowest BCUT2D eigenvalue weighted by Crippen LogP contribution is -2.45. The lowest BCUT2D eigenvalue weighted by molar-refractivity contribution is 0.108. The molecule has 1 aromatic carbocycles. The summed E-state index contributed by atoms with van der Waals surface area (Å²) in [6.45, 7) is 6.59. The number of guanidine groups is 1. The Morgan fingerprint density at radius 1 is 1.23 bits per heavy atom. The zero-order chi connectivity index (χ0) is 18.2. The van der Waals surface area contributed by atoms with Crippen LogP contribution in [0.3, 0.4) is 0 Å². The van der Waals surface area contributed by atoms with Gasteiger partial charge in [0.05, 0.1) is 12.6 Å². The van der Waals surface area contributed by atoms with Crippen LogP contribution in [0.2, 0.25) is 0 Å². The van der Waals surface area contributed by atoms with Crippen molar-refractivity contribution in [3.8, 4) is 0 Å². The van der Waals surface area contributed by atoms with Crippen molar-refractivity contribution in [2.24, 2.45) is 4.99 Å². The molecule has 2 heterocycles. The van der Waals surface area contributed by atoms with Crippen LogP contribution in [0.25, 0.3) is 0 Å². The molecule has 2 aromatic rings. The van der Waals surface area contributed by atoms with Crippen LogP contribution in [-0.2, 0) is 19.5 Å². The van der Waals surface area contributed by atoms with Crippen LogP contribution in [0, 0.1) is 0 Å². The summed E-state index contributed by atoms with van der Waals surface area (Å²) in [6, 6.07) is 12.7. The molecule has 0 fully saturated rings. The molecule has 0 aliphatic carbocycles. The number of aliphatic hydroxyl groups is 1. The monoisotopic (exact) mass is 372 g/mol. The van der Waals surface area contributed by atoms with Gasteiger partial charge in [-0.3, -0.25) is 4.90 Å². The van der Waals surface area contributed by atoms with Gasteiger partial charge in [-0.2, -0.15) is 0 Å². The number of hydrogen-bond donors (Lipinski definition) is 3. The Labute approximate surface area is 159 Å². The van der Waals surface area contributed by atoms with Gasteiger partial charge in [0.25, 0.3) is 0 Å². The maximum absolute atomic E-state index is 10.4. The van der Waals surface area contributed by atoms with Crippen molar-refractivity contribution < 1.29 is 5.11 Å². The molecular formula is C20H28N4OS. The zero-order valence-electron chi connectivity index (χ0n) is 15.3. The lowest BCUT2D eigenvalue weighted by Gasteiger charge is -2.30. The van der Waals surface area contributed by atoms with Gasteiger partial charge in [0.2, 0.25) is 0 Å². The second-order valence-corrected chi connectivity index (χ2v) is 7.60. The molecule has 0 spiro atoms. The van der Waals surface area contributed by atoms with E-state index in [4.69, 9.17) is 0 Å². The van der Waals surface area contributed by atoms with Crippen LogP contribution in [0.15, 0.2) is 46.8 Å². The van der Waals surface area contributed by atoms with Crippen molar-refractivity contribution in [3.63, 3.8) is 0 Å². The molecule has 3 rings (SSSR count). The third-order valence-corrected chi connectivity index (χ3v) is 5.36. The van der Waals surface area contributed by atoms with E-state index < -0.39 is 6.10 Å². The summed E-state index contributed by atoms with van der Waals surface area (Å²) in [5, 5.41) is 19.0. The number of thiophene rings is 1. The van der Waals surface area contributed by atoms with Crippen molar-refractivity contribution in [2.45, 2.75) is 32.5 Å². The molecule has 26 heavy (non-hydrogen) atoms. The van der Waals surface area contributed by atoms with Crippen molar-refractivity contribution in [3.05, 3.63) is 57.8 Å². The Hall–Kier alpha value is -1.89. The standard InChI is InChI=1S/C20H28N4OS/c1-2-21-20(23-13-19-8-5-11-26-19)22-12-18(25)15-24-10-9-16-6-3-4-7-17(16)14-24/h3-8,11,18,25H,2,9-10,12-15H2,1H3,(H2,21,22,23). The second-order valence-electron chi connectivity index (χ2n) is 6.56. The van der Waals surface area contributed by atoms with Crippen LogP contribution in [0.4, 0.5) is 0 Å². The number of rotatable bonds is 7. The van der Waals surface area contributed by atoms with Gasteiger partial charge in [0.1, 0.15) is 0 Å². The molecule has 0 bridgehead atoms. The minimum atomic E-state index is -0.425. The van der Waals surface area contributed by atoms with E-state index in [1.807, 2.05) is 13.0 Å². The van der Waals surface area contributed by atoms with Gasteiger partial charge in [-0.15, -0.1) is 11.3 Å². The van der Waals surface area contributed by atoms with E-state index in [0.29, 0.717) is 19.6 Å². The molecule has 3 N–H and O–H groups in total. The molecule has 0 radical (unpaired) electrons. The lowest BCUT2D eigenvalue weighted by atomic mass is 10.00. The molecule has 0 saturated carbocycles. The molecule has 1 unspecified atom stereocenters. The van der Waals surface area contributed by atoms with E-state index in [1.165, 1.54) is 16.0 Å². The molecule has 1 aliphatic rings. The van der Waals surface area contributed by atoms with E-state index in [2.05, 4.69) is 56.2 Å². The largest absolute Gasteiger partial charge is 0.390 e. The Morgan fingerprint density at radius 2 is 2.08 bits per heavy atom. The zero-order valence-corrected chi connectivity index (χ0v) is 16.1. The number of aliphatic imine (C=N–C) groups is 1. The fourth-order valence-electron chi connectivity index (χ4n) is 3.19. The van der Waals surface area contributed by atoms with Crippen molar-refractivity contribution >= 4 is 17.3 Å². The van der Waals surface area contributed by atoms with Gasteiger partial charge < -0.3 is 15.7 Å². The summed E-state index contributed by atoms with van der Waals surface area (Å²) >= 11 is 1.71. The molecule has 5 nitrogen and oxygen atoms in total. The number of nitrogens with one attached hydrogen (secondary N) is 2. The fraction of sp³-hybridized carbons (Fsp3) is 0.450. The minimum Gasteiger partial charge on any atom is -0.390 e. The van der Waals surface area contributed by atoms with Crippen LogP contribution in [0.1, 0.15) is 22.9 Å². The van der Waals surface area contributed by atoms with Crippen LogP contribution < -0.4 is 10.6 Å². The Kier molecular flexibility index (Phi) is 7.05. The third kappa shape index (κ3) is 5.56. The summed E-state index contributed by atoms with van der Waals surface area (Å²) < 4.78 is 0. The van der Waals surface area contributed by atoms with Crippen molar-refractivity contribution in [1.29, 1.82) is 0 Å². The highest BCUT2D eigenvalue weighted by Crippen LogP contribution is 2.18. The molecule has 0 saturated heterocycles. The van der Waals surface area contributed by atoms with Gasteiger partial charge in [-0.05, 0) is 35.9 Å². The van der Waals surface area contributed by atoms with E-state index in [-0.39, 0.29) is 0 Å². The van der Waals surface area contributed by atoms with E-state index in [1.54, 1.807) is 11.3 Å². The molecule has 1 aliphatic heterocycles. The van der Waals surface area contributed by atoms with E-state index in [9.17, 15) is 5.11 Å². The number of fused-ring (bicyclic) bond motifs is 1. The predicted octanol–water partition coefficient (Wildman–Crippen LogP) is 2.22. The summed E-state index contributed by atoms with van der Waals surface area (Å²) in [4.78, 5) is 8.14. The molecule has 0 amide bonds. The maximum atomic E-state index is 10.4. The first-order chi connectivity index (χ1) is 12.7. The molecular weight excluding hydrogens is 344 g/mol. The van der Waals surface area contributed by atoms with E-state index in [0.717, 1.165) is 32.0 Å². The Bertz CT molecular complexity index is 702. The summed E-state index contributed by atoms with van der Waals surface area (Å²) in [6.07, 6.45) is 0.632. The highest BCUT2D eigenvalue weighted by Gasteiger charge is 2.18. The van der Waals surface area contributed by atoms with Crippen LogP contribution in [-0.4, -0.2) is 48.2 Å². The molecule has 1 aromatic heterocycles. The number of hydrogen-bond acceptors (Lipinski definition) is 4. The average Bonchev–Trinajstić information content (AvgIpc) is 3.17. The Balaban J connectivity index is 1.46. The number of benzene rings is 1. The van der Waals surface area contributed by atoms with Crippen molar-refractivity contribution in [2.75, 3.05) is 26.2 Å². The first kappa shape index (κ1) is 18.9. The highest BCUT2D eigenvalue weighted by atomic mass is 32.1. The summed E-state index contributed by atoms with van der Waals surface area (Å²) in [5.41, 5.74) is 2.82. The molecule has 140 valence electrons. The van der Waals surface area contributed by atoms with Gasteiger partial charge >= 0.3 is 0 Å². The van der Waals surface area contributed by atoms with Crippen LogP contribution >= 0.6 is 11.3 Å². The summed E-state index contributed by atoms with van der Waals surface area (Å²) in [5.74, 6) is 0.754. The van der Waals surface area contributed by atoms with Gasteiger partial charge in [-0.1, -0.05) is 30.3 Å². The molecule has 1 atom stereocenters.